The molecule has 2 fully saturated rings. The molecule has 1 saturated heterocycles. The minimum absolute atomic E-state index is 0.0393. The fraction of sp³-hybridized carbons (Fsp3) is 0.528. The van der Waals surface area contributed by atoms with Crippen molar-refractivity contribution in [1.29, 1.82) is 0 Å². The van der Waals surface area contributed by atoms with E-state index in [-0.39, 0.29) is 23.5 Å². The maximum absolute atomic E-state index is 12.1. The molecule has 4 aromatic heterocycles. The molecule has 3 N–H and O–H groups in total. The smallest absolute Gasteiger partial charge is 0.410 e. The summed E-state index contributed by atoms with van der Waals surface area (Å²) < 4.78 is 14.0. The van der Waals surface area contributed by atoms with E-state index in [1.807, 2.05) is 77.4 Å². The summed E-state index contributed by atoms with van der Waals surface area (Å²) in [7, 11) is 2.06. The van der Waals surface area contributed by atoms with Crippen LogP contribution in [0.25, 0.3) is 27.7 Å². The van der Waals surface area contributed by atoms with Crippen molar-refractivity contribution < 1.29 is 24.0 Å². The molecule has 5 heterocycles. The van der Waals surface area contributed by atoms with Crippen molar-refractivity contribution in [2.75, 3.05) is 38.5 Å². The Morgan fingerprint density at radius 2 is 1.69 bits per heavy atom. The third-order valence-electron chi connectivity index (χ3n) is 8.03. The average molecular weight is 696 g/mol. The number of aryl methyl sites for hydroxylation is 1. The quantitative estimate of drug-likeness (QED) is 0.124. The second-order valence-electron chi connectivity index (χ2n) is 13.1. The van der Waals surface area contributed by atoms with E-state index < -0.39 is 6.10 Å². The van der Waals surface area contributed by atoms with Crippen molar-refractivity contribution in [3.05, 3.63) is 54.2 Å². The van der Waals surface area contributed by atoms with Crippen molar-refractivity contribution in [3.8, 4) is 11.1 Å². The van der Waals surface area contributed by atoms with E-state index in [4.69, 9.17) is 9.29 Å². The van der Waals surface area contributed by atoms with E-state index in [0.29, 0.717) is 17.9 Å². The number of piperazine rings is 1. The summed E-state index contributed by atoms with van der Waals surface area (Å²) >= 11 is 2.53. The molecule has 1 aliphatic heterocycles. The number of aliphatic hydroxyl groups is 1. The van der Waals surface area contributed by atoms with Gasteiger partial charge in [-0.05, 0) is 84.6 Å². The van der Waals surface area contributed by atoms with Gasteiger partial charge < -0.3 is 29.5 Å². The molecule has 12 nitrogen and oxygen atoms in total. The first-order valence-corrected chi connectivity index (χ1v) is 17.4. The number of amides is 2. The molecule has 0 radical (unpaired) electrons. The molecule has 13 heteroatoms. The minimum Gasteiger partial charge on any atom is -0.444 e. The zero-order valence-corrected chi connectivity index (χ0v) is 31.0. The predicted octanol–water partition coefficient (Wildman–Crippen LogP) is 7.02. The number of rotatable bonds is 6. The molecule has 49 heavy (non-hydrogen) atoms. The molecule has 6 rings (SSSR count). The van der Waals surface area contributed by atoms with Crippen LogP contribution in [0.5, 0.6) is 0 Å². The number of likely N-dealkylation sites (N-methyl/N-ethyl adjacent to an activating group) is 1. The number of pyridine rings is 3. The van der Waals surface area contributed by atoms with Crippen LogP contribution in [-0.4, -0.2) is 89.6 Å². The Hall–Kier alpha value is -3.78. The van der Waals surface area contributed by atoms with Crippen LogP contribution >= 0.6 is 12.9 Å². The Balaban J connectivity index is 0.000000304. The zero-order valence-electron chi connectivity index (χ0n) is 30.1. The summed E-state index contributed by atoms with van der Waals surface area (Å²) in [6.45, 7) is 17.1. The van der Waals surface area contributed by atoms with Crippen molar-refractivity contribution in [1.82, 2.24) is 29.2 Å². The Bertz CT molecular complexity index is 1680. The van der Waals surface area contributed by atoms with Gasteiger partial charge in [0.05, 0.1) is 17.3 Å². The number of aliphatic hydroxyl groups excluding tert-OH is 1. The number of hydrogen-bond acceptors (Lipinski definition) is 10. The van der Waals surface area contributed by atoms with Crippen LogP contribution in [0.1, 0.15) is 84.6 Å². The molecule has 0 bridgehead atoms. The maximum atomic E-state index is 12.1. The van der Waals surface area contributed by atoms with Crippen molar-refractivity contribution in [3.63, 3.8) is 0 Å². The number of nitrogens with one attached hydrogen (secondary N) is 1. The second kappa shape index (κ2) is 18.3. The lowest BCUT2D eigenvalue weighted by molar-refractivity contribution is -0.117. The average Bonchev–Trinajstić information content (AvgIpc) is 3.82. The van der Waals surface area contributed by atoms with E-state index in [0.717, 1.165) is 78.7 Å². The van der Waals surface area contributed by atoms with Crippen LogP contribution in [0, 0.1) is 12.8 Å². The van der Waals surface area contributed by atoms with Gasteiger partial charge in [0, 0.05) is 79.5 Å². The number of imidazole rings is 1. The van der Waals surface area contributed by atoms with Crippen LogP contribution in [0.2, 0.25) is 0 Å². The van der Waals surface area contributed by atoms with E-state index in [2.05, 4.69) is 51.2 Å². The fourth-order valence-corrected chi connectivity index (χ4v) is 5.31. The van der Waals surface area contributed by atoms with Crippen molar-refractivity contribution in [2.24, 2.45) is 5.92 Å². The number of ether oxygens (including phenoxy) is 1. The van der Waals surface area contributed by atoms with Gasteiger partial charge in [-0.25, -0.2) is 14.8 Å². The third kappa shape index (κ3) is 10.9. The Morgan fingerprint density at radius 3 is 2.29 bits per heavy atom. The molecule has 0 spiro atoms. The van der Waals surface area contributed by atoms with Crippen LogP contribution in [0.4, 0.5) is 10.6 Å². The van der Waals surface area contributed by atoms with Gasteiger partial charge in [-0.1, -0.05) is 27.2 Å². The molecule has 1 aliphatic carbocycles. The molecule has 1 unspecified atom stereocenters. The standard InChI is InChI=1S/C24H25N5O2.C10H20N2O2.C2H6.H2OS/c1-3-4-21(30)19-9-14(2)18(13-26-19)17-10-16-12-27-22(28-24(31)15-5-6-15)11-20(16)29-8-7-25-23(17)29;1-10(2,3)14-9(13)12-7-5-11(4)6-8-12;2*1-2/h7-13,15,21,30H,3-6H2,1-2H3,(H,27,28,31);5-8H2,1-4H3;1-2H3;1-2H. The minimum atomic E-state index is -0.547. The number of carbonyl (C=O) groups excluding carboxylic acids is 2. The fourth-order valence-electron chi connectivity index (χ4n) is 5.31. The topological polar surface area (TPSA) is 145 Å². The lowest BCUT2D eigenvalue weighted by atomic mass is 10.00. The van der Waals surface area contributed by atoms with E-state index >= 15 is 0 Å². The molecular formula is C36H53N7O5S. The summed E-state index contributed by atoms with van der Waals surface area (Å²) in [5.74, 6) is 0.721. The number of carbonyl (C=O) groups is 2. The number of thiol groups is 1. The zero-order chi connectivity index (χ0) is 36.3. The largest absolute Gasteiger partial charge is 0.444 e. The molecule has 1 atom stereocenters. The molecule has 0 aromatic carbocycles. The van der Waals surface area contributed by atoms with Crippen LogP contribution < -0.4 is 5.32 Å². The normalized spacial score (nSPS) is 15.2. The van der Waals surface area contributed by atoms with Crippen molar-refractivity contribution >= 4 is 47.3 Å². The lowest BCUT2D eigenvalue weighted by Crippen LogP contribution is -2.48. The van der Waals surface area contributed by atoms with Gasteiger partial charge in [0.25, 0.3) is 0 Å². The summed E-state index contributed by atoms with van der Waals surface area (Å²) in [5.41, 5.74) is 5.00. The summed E-state index contributed by atoms with van der Waals surface area (Å²) in [4.78, 5) is 41.3. The van der Waals surface area contributed by atoms with E-state index in [9.17, 15) is 14.7 Å². The Labute approximate surface area is 295 Å². The number of anilines is 1. The lowest BCUT2D eigenvalue weighted by Gasteiger charge is -2.33. The molecule has 4 aromatic rings. The molecular weight excluding hydrogens is 643 g/mol. The SMILES string of the molecule is CC.CCCC(O)c1cc(C)c(-c2cc3cnc(NC(=O)C4CC4)cc3n3ccnc23)cn1.CN1CCN(C(=O)OC(C)(C)C)CC1.OS. The number of fused-ring (bicyclic) bond motifs is 3. The number of aromatic nitrogens is 4. The molecule has 268 valence electrons. The molecule has 2 aliphatic rings. The molecule has 2 amide bonds. The first kappa shape index (κ1) is 39.7. The van der Waals surface area contributed by atoms with Gasteiger partial charge in [-0.3, -0.25) is 14.2 Å². The second-order valence-corrected chi connectivity index (χ2v) is 13.1. The van der Waals surface area contributed by atoms with Gasteiger partial charge in [-0.15, -0.1) is 0 Å². The Morgan fingerprint density at radius 1 is 1.02 bits per heavy atom. The summed E-state index contributed by atoms with van der Waals surface area (Å²) in [6, 6.07) is 5.90. The third-order valence-corrected chi connectivity index (χ3v) is 8.03. The summed E-state index contributed by atoms with van der Waals surface area (Å²) in [5, 5.41) is 14.2. The first-order valence-electron chi connectivity index (χ1n) is 17.0. The summed E-state index contributed by atoms with van der Waals surface area (Å²) in [6.07, 6.45) is 10.0. The van der Waals surface area contributed by atoms with Gasteiger partial charge in [-0.2, -0.15) is 0 Å². The highest BCUT2D eigenvalue weighted by atomic mass is 32.1. The van der Waals surface area contributed by atoms with Gasteiger partial charge >= 0.3 is 6.09 Å². The highest BCUT2D eigenvalue weighted by Gasteiger charge is 2.30. The maximum Gasteiger partial charge on any atom is 0.410 e. The monoisotopic (exact) mass is 695 g/mol. The van der Waals surface area contributed by atoms with Gasteiger partial charge in [0.2, 0.25) is 5.91 Å². The number of nitrogens with zero attached hydrogens (tertiary/aromatic N) is 6. The van der Waals surface area contributed by atoms with E-state index in [1.165, 1.54) is 0 Å². The predicted molar refractivity (Wildman–Crippen MR) is 198 cm³/mol. The van der Waals surface area contributed by atoms with Crippen molar-refractivity contribution in [2.45, 2.75) is 85.9 Å². The van der Waals surface area contributed by atoms with Crippen LogP contribution in [0.3, 0.4) is 0 Å². The van der Waals surface area contributed by atoms with Gasteiger partial charge in [0.1, 0.15) is 17.1 Å². The van der Waals surface area contributed by atoms with Crippen LogP contribution in [-0.2, 0) is 9.53 Å². The number of hydrogen-bond donors (Lipinski definition) is 4. The highest BCUT2D eigenvalue weighted by Crippen LogP contribution is 2.33. The van der Waals surface area contributed by atoms with Gasteiger partial charge in [0.15, 0.2) is 0 Å². The first-order chi connectivity index (χ1) is 23.4. The van der Waals surface area contributed by atoms with E-state index in [1.54, 1.807) is 17.3 Å². The highest BCUT2D eigenvalue weighted by molar-refractivity contribution is 7.74. The van der Waals surface area contributed by atoms with Crippen LogP contribution in [0.15, 0.2) is 43.0 Å². The Kier molecular flexibility index (Phi) is 14.8. The molecule has 1 saturated carbocycles.